The highest BCUT2D eigenvalue weighted by Gasteiger charge is 2.36. The summed E-state index contributed by atoms with van der Waals surface area (Å²) in [6, 6.07) is 7.81. The fourth-order valence-electron chi connectivity index (χ4n) is 8.32. The molecule has 0 unspecified atom stereocenters. The molecule has 3 amide bonds. The molecule has 0 spiro atoms. The Bertz CT molecular complexity index is 2120. The number of Topliss-reactive ketones (excluding diaryl/α,β-unsaturated/α-hetero) is 5. The van der Waals surface area contributed by atoms with Gasteiger partial charge >= 0.3 is 5.97 Å². The molecule has 1 aromatic carbocycles. The molecule has 3 atom stereocenters. The molecular weight excluding hydrogens is 1000 g/mol. The first kappa shape index (κ1) is 68.6. The fourth-order valence-corrected chi connectivity index (χ4v) is 8.32. The highest BCUT2D eigenvalue weighted by atomic mass is 16.5. The molecule has 2 rings (SSSR count). The van der Waals surface area contributed by atoms with Gasteiger partial charge in [0, 0.05) is 82.6 Å². The number of benzene rings is 1. The minimum atomic E-state index is -1.25. The maximum absolute atomic E-state index is 13.2. The molecule has 20 nitrogen and oxygen atoms in total. The number of aliphatic carboxylic acids is 1. The first-order valence-electron chi connectivity index (χ1n) is 27.9. The Kier molecular flexibility index (Phi) is 34.2. The van der Waals surface area contributed by atoms with Crippen molar-refractivity contribution in [1.29, 1.82) is 0 Å². The van der Waals surface area contributed by atoms with Crippen molar-refractivity contribution < 1.29 is 67.2 Å². The Balaban J connectivity index is 1.44. The lowest BCUT2D eigenvalue weighted by atomic mass is 9.82. The molecule has 0 fully saturated rings. The van der Waals surface area contributed by atoms with Crippen LogP contribution in [0.1, 0.15) is 155 Å². The van der Waals surface area contributed by atoms with Crippen LogP contribution >= 0.6 is 0 Å². The Morgan fingerprint density at radius 2 is 1.29 bits per heavy atom. The number of nitrogens with zero attached hydrogens (tertiary/aromatic N) is 1. The van der Waals surface area contributed by atoms with E-state index in [2.05, 4.69) is 76.3 Å². The zero-order valence-corrected chi connectivity index (χ0v) is 47.7. The lowest BCUT2D eigenvalue weighted by Crippen LogP contribution is -2.43. The van der Waals surface area contributed by atoms with Crippen LogP contribution in [-0.4, -0.2) is 153 Å². The van der Waals surface area contributed by atoms with Crippen LogP contribution in [0, 0.1) is 17.3 Å². The van der Waals surface area contributed by atoms with Gasteiger partial charge in [-0.15, -0.1) is 0 Å². The van der Waals surface area contributed by atoms with Gasteiger partial charge in [-0.05, 0) is 95.1 Å². The molecule has 1 heterocycles. The van der Waals surface area contributed by atoms with Gasteiger partial charge in [0.25, 0.3) is 0 Å². The van der Waals surface area contributed by atoms with Crippen LogP contribution < -0.4 is 21.3 Å². The summed E-state index contributed by atoms with van der Waals surface area (Å²) in [5, 5.41) is 21.0. The predicted molar refractivity (Wildman–Crippen MR) is 295 cm³/mol. The van der Waals surface area contributed by atoms with Gasteiger partial charge in [0.15, 0.2) is 5.78 Å². The van der Waals surface area contributed by atoms with Crippen molar-refractivity contribution in [3.63, 3.8) is 0 Å². The first-order valence-corrected chi connectivity index (χ1v) is 27.9. The van der Waals surface area contributed by atoms with Crippen molar-refractivity contribution in [2.45, 2.75) is 163 Å². The molecule has 0 radical (unpaired) electrons. The molecule has 0 aliphatic carbocycles. The third-order valence-corrected chi connectivity index (χ3v) is 13.4. The van der Waals surface area contributed by atoms with Crippen LogP contribution in [0.4, 0.5) is 0 Å². The van der Waals surface area contributed by atoms with Crippen LogP contribution in [0.5, 0.6) is 0 Å². The summed E-state index contributed by atoms with van der Waals surface area (Å²) in [6.45, 7) is 15.2. The second-order valence-electron chi connectivity index (χ2n) is 21.5. The molecule has 0 saturated heterocycles. The number of rotatable bonds is 47. The van der Waals surface area contributed by atoms with Crippen LogP contribution in [0.3, 0.4) is 0 Å². The summed E-state index contributed by atoms with van der Waals surface area (Å²) in [4.78, 5) is 120. The summed E-state index contributed by atoms with van der Waals surface area (Å²) in [7, 11) is 0. The van der Waals surface area contributed by atoms with E-state index in [-0.39, 0.29) is 156 Å². The number of ketones is 5. The van der Waals surface area contributed by atoms with E-state index in [9.17, 15) is 48.3 Å². The van der Waals surface area contributed by atoms with Crippen molar-refractivity contribution in [3.8, 4) is 0 Å². The van der Waals surface area contributed by atoms with Gasteiger partial charge in [-0.2, -0.15) is 0 Å². The second-order valence-corrected chi connectivity index (χ2v) is 21.5. The first-order chi connectivity index (χ1) is 37.1. The summed E-state index contributed by atoms with van der Waals surface area (Å²) >= 11 is 0. The van der Waals surface area contributed by atoms with Gasteiger partial charge < -0.3 is 50.3 Å². The third kappa shape index (κ3) is 30.6. The molecule has 20 heteroatoms. The smallest absolute Gasteiger partial charge is 0.306 e. The number of H-pyrrole nitrogens is 1. The molecular formula is C58H92N6O14. The lowest BCUT2D eigenvalue weighted by Gasteiger charge is -2.24. The number of unbranched alkanes of at least 4 members (excludes halogenated alkanes) is 1. The Hall–Kier alpha value is -5.54. The minimum Gasteiger partial charge on any atom is -0.481 e. The number of amides is 3. The number of carboxylic acids is 1. The Morgan fingerprint density at radius 3 is 1.95 bits per heavy atom. The van der Waals surface area contributed by atoms with Gasteiger partial charge in [0.05, 0.1) is 57.9 Å². The number of aryl methyl sites for hydroxylation is 1. The number of ether oxygens (including phenoxy) is 4. The van der Waals surface area contributed by atoms with Gasteiger partial charge in [0.2, 0.25) is 17.7 Å². The maximum atomic E-state index is 13.2. The molecule has 438 valence electrons. The topological polar surface area (TPSA) is 288 Å². The number of carbonyl (C=O) groups is 9. The zero-order valence-electron chi connectivity index (χ0n) is 47.7. The number of hydrogen-bond donors (Lipinski definition) is 6. The van der Waals surface area contributed by atoms with E-state index in [1.165, 1.54) is 12.5 Å². The summed E-state index contributed by atoms with van der Waals surface area (Å²) in [5.74, 6) is -4.01. The SMILES string of the molecule is CCC[C@H](CCC(=O)C(C)(C)C(=O)NCCc1cnc[nH]1)C(=O)CN[C@@H](CCCCNC(=O)COCCOCCCC(=O)COCCOCCNC(=O)CC[C@H](CC(=O)CCCc1ccc(C(C)(C)C)cc1)C(=O)O)C(C)=O. The number of carbonyl (C=O) groups excluding carboxylic acids is 8. The zero-order chi connectivity index (χ0) is 57.8. The molecule has 0 bridgehead atoms. The lowest BCUT2D eigenvalue weighted by molar-refractivity contribution is -0.144. The van der Waals surface area contributed by atoms with Gasteiger partial charge in [-0.3, -0.25) is 43.2 Å². The highest BCUT2D eigenvalue weighted by Crippen LogP contribution is 2.25. The van der Waals surface area contributed by atoms with Crippen LogP contribution in [0.2, 0.25) is 0 Å². The van der Waals surface area contributed by atoms with E-state index in [1.807, 2.05) is 6.92 Å². The Morgan fingerprint density at radius 1 is 0.641 bits per heavy atom. The highest BCUT2D eigenvalue weighted by molar-refractivity contribution is 6.05. The number of imidazole rings is 1. The molecule has 0 saturated carbocycles. The van der Waals surface area contributed by atoms with Crippen LogP contribution in [0.25, 0.3) is 0 Å². The number of hydrogen-bond acceptors (Lipinski definition) is 15. The van der Waals surface area contributed by atoms with E-state index in [0.717, 1.165) is 24.1 Å². The molecule has 78 heavy (non-hydrogen) atoms. The predicted octanol–water partition coefficient (Wildman–Crippen LogP) is 5.56. The van der Waals surface area contributed by atoms with Crippen molar-refractivity contribution >= 4 is 52.6 Å². The fraction of sp³-hybridized carbons (Fsp3) is 0.690. The molecule has 6 N–H and O–H groups in total. The molecule has 1 aromatic heterocycles. The van der Waals surface area contributed by atoms with E-state index in [0.29, 0.717) is 71.1 Å². The number of carboxylic acid groups (broad SMARTS) is 1. The van der Waals surface area contributed by atoms with Crippen molar-refractivity contribution in [1.82, 2.24) is 31.2 Å². The Labute approximate surface area is 462 Å². The average Bonchev–Trinajstić information content (AvgIpc) is 3.91. The largest absolute Gasteiger partial charge is 0.481 e. The summed E-state index contributed by atoms with van der Waals surface area (Å²) < 4.78 is 21.7. The number of aromatic nitrogens is 2. The van der Waals surface area contributed by atoms with E-state index in [4.69, 9.17) is 18.9 Å². The van der Waals surface area contributed by atoms with Crippen LogP contribution in [-0.2, 0) is 80.4 Å². The van der Waals surface area contributed by atoms with E-state index >= 15 is 0 Å². The normalized spacial score (nSPS) is 12.8. The average molecular weight is 1100 g/mol. The number of aromatic amines is 1. The quantitative estimate of drug-likeness (QED) is 0.0350. The van der Waals surface area contributed by atoms with E-state index in [1.54, 1.807) is 26.4 Å². The van der Waals surface area contributed by atoms with Crippen molar-refractivity contribution in [3.05, 3.63) is 53.6 Å². The molecule has 0 aliphatic rings. The summed E-state index contributed by atoms with van der Waals surface area (Å²) in [6.07, 6.45) is 9.60. The monoisotopic (exact) mass is 1100 g/mol. The minimum absolute atomic E-state index is 0.0106. The number of nitrogens with one attached hydrogen (secondary N) is 5. The van der Waals surface area contributed by atoms with Crippen LogP contribution in [0.15, 0.2) is 36.8 Å². The third-order valence-electron chi connectivity index (χ3n) is 13.4. The standard InChI is InChI=1S/C58H92N6O14/c1-8-13-44(20-24-52(69)58(6,7)56(74)62-28-26-47-37-59-41-64-47)51(68)38-63-50(42(2)65)17-9-10-27-60-54(71)40-78-35-32-75-30-12-16-49(67)39-77-34-33-76-31-29-61-53(70)25-21-45(55(72)73)36-48(66)15-11-14-43-18-22-46(23-19-43)57(3,4)5/h18-19,22-23,37,41,44-45,50,63H,8-17,20-21,24-36,38-40H2,1-7H3,(H,59,64)(H,60,71)(H,61,70)(H,62,74)(H,72,73)/t44-,45-,50+/m1/s1. The molecule has 0 aliphatic heterocycles. The molecule has 2 aromatic rings. The second kappa shape index (κ2) is 38.9. The van der Waals surface area contributed by atoms with Gasteiger partial charge in [-0.25, -0.2) is 4.98 Å². The maximum Gasteiger partial charge on any atom is 0.306 e. The van der Waals surface area contributed by atoms with E-state index < -0.39 is 23.3 Å². The van der Waals surface area contributed by atoms with Crippen molar-refractivity contribution in [2.75, 3.05) is 79.0 Å². The summed E-state index contributed by atoms with van der Waals surface area (Å²) in [5.41, 5.74) is 2.06. The van der Waals surface area contributed by atoms with Crippen molar-refractivity contribution in [2.24, 2.45) is 17.3 Å². The van der Waals surface area contributed by atoms with Gasteiger partial charge in [0.1, 0.15) is 41.8 Å². The van der Waals surface area contributed by atoms with Gasteiger partial charge in [-0.1, -0.05) is 58.4 Å².